The molecule has 0 amide bonds. The second-order valence-corrected chi connectivity index (χ2v) is 8.08. The fourth-order valence-electron chi connectivity index (χ4n) is 3.77. The normalized spacial score (nSPS) is 20.7. The van der Waals surface area contributed by atoms with E-state index in [9.17, 15) is 14.4 Å². The highest BCUT2D eigenvalue weighted by Crippen LogP contribution is 2.28. The van der Waals surface area contributed by atoms with Crippen LogP contribution >= 0.6 is 11.3 Å². The second kappa shape index (κ2) is 8.40. The lowest BCUT2D eigenvalue weighted by molar-refractivity contribution is -0.935. The van der Waals surface area contributed by atoms with Crippen molar-refractivity contribution >= 4 is 33.5 Å². The summed E-state index contributed by atoms with van der Waals surface area (Å²) in [7, 11) is 1.42. The number of H-pyrrole nitrogens is 1. The van der Waals surface area contributed by atoms with E-state index in [1.807, 2.05) is 6.92 Å². The lowest BCUT2D eigenvalue weighted by Crippen LogP contribution is -3.13. The molecule has 0 spiro atoms. The summed E-state index contributed by atoms with van der Waals surface area (Å²) in [6.07, 6.45) is 1.51. The number of piperidine rings is 1. The smallest absolute Gasteiger partial charge is 0.348 e. The summed E-state index contributed by atoms with van der Waals surface area (Å²) in [5.41, 5.74) is 0.373. The minimum absolute atomic E-state index is 0.0239. The number of hydrogen-bond donors (Lipinski definition) is 2. The first-order valence-electron chi connectivity index (χ1n) is 9.50. The SMILES string of the molecule is CCOC(=O)c1sc2nc([C@@H](C)[NH+]3CCC(C(=O)OC)CC3)[nH]c(=O)c2c1C. The summed E-state index contributed by atoms with van der Waals surface area (Å²) in [6.45, 7) is 7.40. The molecule has 1 fully saturated rings. The number of quaternary nitrogens is 1. The number of likely N-dealkylation sites (tertiary alicyclic amines) is 1. The van der Waals surface area contributed by atoms with Crippen LogP contribution in [0.1, 0.15) is 53.8 Å². The van der Waals surface area contributed by atoms with Gasteiger partial charge in [0.05, 0.1) is 38.1 Å². The Morgan fingerprint density at radius 1 is 1.36 bits per heavy atom. The van der Waals surface area contributed by atoms with Gasteiger partial charge in [0.2, 0.25) is 0 Å². The number of rotatable bonds is 5. The van der Waals surface area contributed by atoms with Gasteiger partial charge in [-0.05, 0) is 26.3 Å². The van der Waals surface area contributed by atoms with Crippen molar-refractivity contribution in [2.24, 2.45) is 5.92 Å². The number of aryl methyl sites for hydroxylation is 1. The molecule has 3 heterocycles. The standard InChI is InChI=1S/C19H25N3O5S/c1-5-27-19(25)14-10(2)13-16(23)20-15(21-17(13)28-14)11(3)22-8-6-12(7-9-22)18(24)26-4/h11-12H,5-9H2,1-4H3,(H,20,21,23)/p+1/t11-/m1/s1. The molecule has 0 aromatic carbocycles. The quantitative estimate of drug-likeness (QED) is 0.716. The van der Waals surface area contributed by atoms with Gasteiger partial charge < -0.3 is 19.4 Å². The molecule has 3 rings (SSSR count). The minimum atomic E-state index is -0.424. The molecular weight excluding hydrogens is 382 g/mol. The summed E-state index contributed by atoms with van der Waals surface area (Å²) < 4.78 is 9.92. The second-order valence-electron chi connectivity index (χ2n) is 7.09. The first-order chi connectivity index (χ1) is 13.4. The van der Waals surface area contributed by atoms with Gasteiger partial charge in [-0.1, -0.05) is 0 Å². The van der Waals surface area contributed by atoms with E-state index in [1.54, 1.807) is 13.8 Å². The van der Waals surface area contributed by atoms with E-state index in [4.69, 9.17) is 9.47 Å². The van der Waals surface area contributed by atoms with Crippen LogP contribution in [-0.4, -0.2) is 48.7 Å². The molecule has 2 N–H and O–H groups in total. The number of aromatic nitrogens is 2. The van der Waals surface area contributed by atoms with Crippen molar-refractivity contribution in [3.63, 3.8) is 0 Å². The summed E-state index contributed by atoms with van der Waals surface area (Å²) in [5.74, 6) is -0.0316. The van der Waals surface area contributed by atoms with Crippen LogP contribution < -0.4 is 10.5 Å². The molecular formula is C19H26N3O5S+. The van der Waals surface area contributed by atoms with Crippen molar-refractivity contribution < 1.29 is 24.0 Å². The number of fused-ring (bicyclic) bond motifs is 1. The molecule has 2 aromatic rings. The first-order valence-corrected chi connectivity index (χ1v) is 10.3. The van der Waals surface area contributed by atoms with Gasteiger partial charge >= 0.3 is 11.9 Å². The highest BCUT2D eigenvalue weighted by Gasteiger charge is 2.32. The molecule has 152 valence electrons. The van der Waals surface area contributed by atoms with Crippen LogP contribution in [0.4, 0.5) is 0 Å². The average Bonchev–Trinajstić information content (AvgIpc) is 3.04. The molecule has 1 atom stereocenters. The molecule has 1 aliphatic rings. The largest absolute Gasteiger partial charge is 0.469 e. The number of carbonyl (C=O) groups is 2. The fourth-order valence-corrected chi connectivity index (χ4v) is 4.86. The number of nitrogens with one attached hydrogen (secondary N) is 2. The van der Waals surface area contributed by atoms with E-state index in [-0.39, 0.29) is 30.1 Å². The van der Waals surface area contributed by atoms with E-state index in [0.717, 1.165) is 25.9 Å². The van der Waals surface area contributed by atoms with Gasteiger partial charge in [0.25, 0.3) is 5.56 Å². The van der Waals surface area contributed by atoms with E-state index in [0.29, 0.717) is 26.5 Å². The van der Waals surface area contributed by atoms with Gasteiger partial charge in [0.1, 0.15) is 15.7 Å². The molecule has 9 heteroatoms. The van der Waals surface area contributed by atoms with E-state index in [1.165, 1.54) is 23.3 Å². The van der Waals surface area contributed by atoms with Gasteiger partial charge in [-0.3, -0.25) is 9.59 Å². The Morgan fingerprint density at radius 3 is 2.64 bits per heavy atom. The molecule has 1 aliphatic heterocycles. The molecule has 1 saturated heterocycles. The monoisotopic (exact) mass is 408 g/mol. The Kier molecular flexibility index (Phi) is 6.14. The Hall–Kier alpha value is -2.26. The maximum Gasteiger partial charge on any atom is 0.348 e. The van der Waals surface area contributed by atoms with Crippen LogP contribution in [0.15, 0.2) is 4.79 Å². The number of thiophene rings is 1. The number of nitrogens with zero attached hydrogens (tertiary/aromatic N) is 1. The predicted molar refractivity (Wildman–Crippen MR) is 105 cm³/mol. The zero-order chi connectivity index (χ0) is 20.4. The lowest BCUT2D eigenvalue weighted by atomic mass is 9.96. The number of methoxy groups -OCH3 is 1. The number of aromatic amines is 1. The molecule has 28 heavy (non-hydrogen) atoms. The average molecular weight is 409 g/mol. The maximum absolute atomic E-state index is 12.7. The fraction of sp³-hybridized carbons (Fsp3) is 0.579. The molecule has 8 nitrogen and oxygen atoms in total. The topological polar surface area (TPSA) is 103 Å². The number of esters is 2. The highest BCUT2D eigenvalue weighted by molar-refractivity contribution is 7.20. The van der Waals surface area contributed by atoms with Crippen molar-refractivity contribution in [3.05, 3.63) is 26.6 Å². The summed E-state index contributed by atoms with van der Waals surface area (Å²) >= 11 is 1.20. The Bertz CT molecular complexity index is 943. The van der Waals surface area contributed by atoms with Gasteiger partial charge in [0.15, 0.2) is 5.82 Å². The van der Waals surface area contributed by atoms with Gasteiger partial charge in [0, 0.05) is 12.8 Å². The van der Waals surface area contributed by atoms with Crippen molar-refractivity contribution in [2.45, 2.75) is 39.7 Å². The lowest BCUT2D eigenvalue weighted by Gasteiger charge is -2.31. The van der Waals surface area contributed by atoms with Gasteiger partial charge in [-0.15, -0.1) is 11.3 Å². The molecule has 0 radical (unpaired) electrons. The first kappa shape index (κ1) is 20.5. The van der Waals surface area contributed by atoms with E-state index < -0.39 is 5.97 Å². The summed E-state index contributed by atoms with van der Waals surface area (Å²) in [6, 6.07) is -0.0239. The van der Waals surface area contributed by atoms with Crippen molar-refractivity contribution in [1.82, 2.24) is 9.97 Å². The maximum atomic E-state index is 12.7. The molecule has 0 aliphatic carbocycles. The van der Waals surface area contributed by atoms with Gasteiger partial charge in [-0.25, -0.2) is 9.78 Å². The van der Waals surface area contributed by atoms with Crippen molar-refractivity contribution in [2.75, 3.05) is 26.8 Å². The molecule has 0 unspecified atom stereocenters. The van der Waals surface area contributed by atoms with Crippen molar-refractivity contribution in [1.29, 1.82) is 0 Å². The minimum Gasteiger partial charge on any atom is -0.469 e. The third kappa shape index (κ3) is 3.81. The Labute approximate surface area is 166 Å². The highest BCUT2D eigenvalue weighted by atomic mass is 32.1. The third-order valence-electron chi connectivity index (χ3n) is 5.46. The Balaban J connectivity index is 1.85. The molecule has 2 aromatic heterocycles. The summed E-state index contributed by atoms with van der Waals surface area (Å²) in [4.78, 5) is 46.3. The third-order valence-corrected chi connectivity index (χ3v) is 6.63. The zero-order valence-corrected chi connectivity index (χ0v) is 17.4. The predicted octanol–water partition coefficient (Wildman–Crippen LogP) is 0.999. The zero-order valence-electron chi connectivity index (χ0n) is 16.6. The van der Waals surface area contributed by atoms with E-state index in [2.05, 4.69) is 9.97 Å². The van der Waals surface area contributed by atoms with E-state index >= 15 is 0 Å². The molecule has 0 saturated carbocycles. The molecule has 0 bridgehead atoms. The number of carbonyl (C=O) groups excluding carboxylic acids is 2. The van der Waals surface area contributed by atoms with Crippen molar-refractivity contribution in [3.8, 4) is 0 Å². The number of hydrogen-bond acceptors (Lipinski definition) is 7. The van der Waals surface area contributed by atoms with Crippen LogP contribution in [0.25, 0.3) is 10.2 Å². The van der Waals surface area contributed by atoms with Crippen LogP contribution in [0.2, 0.25) is 0 Å². The van der Waals surface area contributed by atoms with Crippen LogP contribution in [0.3, 0.4) is 0 Å². The number of ether oxygens (including phenoxy) is 2. The van der Waals surface area contributed by atoms with Crippen LogP contribution in [0.5, 0.6) is 0 Å². The van der Waals surface area contributed by atoms with Crippen LogP contribution in [-0.2, 0) is 14.3 Å². The van der Waals surface area contributed by atoms with Crippen LogP contribution in [0, 0.1) is 12.8 Å². The Morgan fingerprint density at radius 2 is 2.04 bits per heavy atom. The van der Waals surface area contributed by atoms with Gasteiger partial charge in [-0.2, -0.15) is 0 Å². The summed E-state index contributed by atoms with van der Waals surface area (Å²) in [5, 5.41) is 0.448.